The number of fused-ring (bicyclic) bond motifs is 3. The first-order chi connectivity index (χ1) is 9.62. The molecule has 0 radical (unpaired) electrons. The molecule has 4 saturated carbocycles. The van der Waals surface area contributed by atoms with Crippen molar-refractivity contribution in [1.82, 2.24) is 0 Å². The zero-order valence-electron chi connectivity index (χ0n) is 12.6. The molecule has 0 N–H and O–H groups in total. The summed E-state index contributed by atoms with van der Waals surface area (Å²) in [6.45, 7) is 0. The summed E-state index contributed by atoms with van der Waals surface area (Å²) >= 11 is 0. The van der Waals surface area contributed by atoms with Crippen molar-refractivity contribution in [3.8, 4) is 0 Å². The fourth-order valence-corrected chi connectivity index (χ4v) is 4.88. The van der Waals surface area contributed by atoms with Crippen LogP contribution in [0, 0.1) is 16.7 Å². The number of carbonyl (C=O) groups is 2. The Hall–Kier alpha value is -0.860. The van der Waals surface area contributed by atoms with E-state index in [-0.39, 0.29) is 16.8 Å². The summed E-state index contributed by atoms with van der Waals surface area (Å²) in [5.74, 6) is 0.804. The van der Waals surface area contributed by atoms with Crippen molar-refractivity contribution in [2.24, 2.45) is 16.7 Å². The van der Waals surface area contributed by atoms with E-state index in [9.17, 15) is 9.59 Å². The Bertz CT molecular complexity index is 382. The molecule has 0 aliphatic heterocycles. The van der Waals surface area contributed by atoms with Crippen LogP contribution >= 0.6 is 0 Å². The van der Waals surface area contributed by atoms with Gasteiger partial charge in [0.2, 0.25) is 0 Å². The number of esters is 1. The lowest BCUT2D eigenvalue weighted by molar-refractivity contribution is -0.167. The SMILES string of the molecule is COC(=O)C12CCC(C(=O)C3CCCCC3)(CC1)CC2. The molecule has 0 unspecified atom stereocenters. The normalized spacial score (nSPS) is 37.6. The van der Waals surface area contributed by atoms with Crippen LogP contribution in [0.15, 0.2) is 0 Å². The van der Waals surface area contributed by atoms with Crippen LogP contribution in [0.4, 0.5) is 0 Å². The Morgan fingerprint density at radius 1 is 0.850 bits per heavy atom. The van der Waals surface area contributed by atoms with Gasteiger partial charge in [0.15, 0.2) is 0 Å². The molecule has 0 spiro atoms. The second kappa shape index (κ2) is 5.16. The van der Waals surface area contributed by atoms with Crippen molar-refractivity contribution in [1.29, 1.82) is 0 Å². The first-order valence-electron chi connectivity index (χ1n) is 8.25. The molecule has 0 saturated heterocycles. The molecule has 2 bridgehead atoms. The summed E-state index contributed by atoms with van der Waals surface area (Å²) < 4.78 is 4.99. The van der Waals surface area contributed by atoms with Crippen LogP contribution in [0.2, 0.25) is 0 Å². The number of hydrogen-bond donors (Lipinski definition) is 0. The molecule has 4 aliphatic rings. The predicted molar refractivity (Wildman–Crippen MR) is 76.2 cm³/mol. The number of methoxy groups -OCH3 is 1. The Morgan fingerprint density at radius 2 is 1.35 bits per heavy atom. The molecule has 4 fully saturated rings. The van der Waals surface area contributed by atoms with Gasteiger partial charge in [-0.2, -0.15) is 0 Å². The summed E-state index contributed by atoms with van der Waals surface area (Å²) in [6, 6.07) is 0. The zero-order chi connectivity index (χ0) is 14.2. The number of Topliss-reactive ketones (excluding diaryl/α,β-unsaturated/α-hetero) is 1. The van der Waals surface area contributed by atoms with Crippen LogP contribution < -0.4 is 0 Å². The van der Waals surface area contributed by atoms with E-state index in [1.165, 1.54) is 26.4 Å². The molecule has 112 valence electrons. The Morgan fingerprint density at radius 3 is 1.85 bits per heavy atom. The van der Waals surface area contributed by atoms with Crippen molar-refractivity contribution in [2.75, 3.05) is 7.11 Å². The third kappa shape index (κ3) is 2.10. The lowest BCUT2D eigenvalue weighted by Crippen LogP contribution is -2.51. The molecule has 0 aromatic carbocycles. The van der Waals surface area contributed by atoms with Crippen molar-refractivity contribution < 1.29 is 14.3 Å². The zero-order valence-corrected chi connectivity index (χ0v) is 12.6. The molecular formula is C17H26O3. The first-order valence-corrected chi connectivity index (χ1v) is 8.25. The Balaban J connectivity index is 1.71. The Kier molecular flexibility index (Phi) is 3.64. The molecule has 0 amide bonds. The van der Waals surface area contributed by atoms with Crippen LogP contribution in [0.3, 0.4) is 0 Å². The summed E-state index contributed by atoms with van der Waals surface area (Å²) in [5, 5.41) is 0. The van der Waals surface area contributed by atoms with Gasteiger partial charge in [0.05, 0.1) is 12.5 Å². The van der Waals surface area contributed by atoms with Gasteiger partial charge < -0.3 is 4.74 Å². The van der Waals surface area contributed by atoms with Crippen molar-refractivity contribution >= 4 is 11.8 Å². The van der Waals surface area contributed by atoms with Gasteiger partial charge in [-0.25, -0.2) is 0 Å². The highest BCUT2D eigenvalue weighted by molar-refractivity contribution is 5.88. The molecule has 4 aliphatic carbocycles. The summed E-state index contributed by atoms with van der Waals surface area (Å²) in [4.78, 5) is 25.0. The van der Waals surface area contributed by atoms with Gasteiger partial charge in [0.1, 0.15) is 5.78 Å². The number of ketones is 1. The minimum absolute atomic E-state index is 0.0454. The molecule has 0 aromatic rings. The predicted octanol–water partition coefficient (Wildman–Crippen LogP) is 3.65. The molecule has 4 rings (SSSR count). The van der Waals surface area contributed by atoms with E-state index >= 15 is 0 Å². The highest BCUT2D eigenvalue weighted by atomic mass is 16.5. The number of ether oxygens (including phenoxy) is 1. The van der Waals surface area contributed by atoms with E-state index in [1.807, 2.05) is 0 Å². The third-order valence-electron chi connectivity index (χ3n) is 6.36. The molecular weight excluding hydrogens is 252 g/mol. The smallest absolute Gasteiger partial charge is 0.311 e. The number of rotatable bonds is 3. The van der Waals surface area contributed by atoms with Crippen LogP contribution in [0.1, 0.15) is 70.6 Å². The average molecular weight is 278 g/mol. The molecule has 3 heteroatoms. The van der Waals surface area contributed by atoms with E-state index in [1.54, 1.807) is 0 Å². The van der Waals surface area contributed by atoms with Gasteiger partial charge in [-0.15, -0.1) is 0 Å². The topological polar surface area (TPSA) is 43.4 Å². The lowest BCUT2D eigenvalue weighted by Gasteiger charge is -2.52. The molecule has 0 heterocycles. The van der Waals surface area contributed by atoms with E-state index in [0.717, 1.165) is 51.4 Å². The van der Waals surface area contributed by atoms with E-state index in [4.69, 9.17) is 4.74 Å². The van der Waals surface area contributed by atoms with Crippen molar-refractivity contribution in [3.63, 3.8) is 0 Å². The summed E-state index contributed by atoms with van der Waals surface area (Å²) in [5.41, 5.74) is -0.346. The van der Waals surface area contributed by atoms with E-state index in [2.05, 4.69) is 0 Å². The maximum atomic E-state index is 13.0. The summed E-state index contributed by atoms with van der Waals surface area (Å²) in [6.07, 6.45) is 11.3. The maximum absolute atomic E-state index is 13.0. The minimum Gasteiger partial charge on any atom is -0.469 e. The van der Waals surface area contributed by atoms with Crippen LogP contribution in [-0.4, -0.2) is 18.9 Å². The average Bonchev–Trinajstić information content (AvgIpc) is 2.55. The number of hydrogen-bond acceptors (Lipinski definition) is 3. The minimum atomic E-state index is -0.261. The van der Waals surface area contributed by atoms with Gasteiger partial charge in [-0.1, -0.05) is 19.3 Å². The van der Waals surface area contributed by atoms with Crippen LogP contribution in [0.25, 0.3) is 0 Å². The second-order valence-electron chi connectivity index (χ2n) is 7.25. The highest BCUT2D eigenvalue weighted by Gasteiger charge is 2.56. The van der Waals surface area contributed by atoms with E-state index in [0.29, 0.717) is 11.7 Å². The largest absolute Gasteiger partial charge is 0.469 e. The van der Waals surface area contributed by atoms with Gasteiger partial charge in [-0.05, 0) is 51.4 Å². The highest BCUT2D eigenvalue weighted by Crippen LogP contribution is 2.58. The van der Waals surface area contributed by atoms with E-state index < -0.39 is 0 Å². The van der Waals surface area contributed by atoms with Gasteiger partial charge in [0, 0.05) is 11.3 Å². The van der Waals surface area contributed by atoms with Gasteiger partial charge >= 0.3 is 5.97 Å². The van der Waals surface area contributed by atoms with Crippen LogP contribution in [-0.2, 0) is 14.3 Å². The molecule has 0 aromatic heterocycles. The quantitative estimate of drug-likeness (QED) is 0.740. The maximum Gasteiger partial charge on any atom is 0.311 e. The monoisotopic (exact) mass is 278 g/mol. The van der Waals surface area contributed by atoms with Gasteiger partial charge in [0.25, 0.3) is 0 Å². The second-order valence-corrected chi connectivity index (χ2v) is 7.25. The summed E-state index contributed by atoms with van der Waals surface area (Å²) in [7, 11) is 1.49. The number of carbonyl (C=O) groups excluding carboxylic acids is 2. The third-order valence-corrected chi connectivity index (χ3v) is 6.36. The fraction of sp³-hybridized carbons (Fsp3) is 0.882. The molecule has 0 atom stereocenters. The molecule has 20 heavy (non-hydrogen) atoms. The first kappa shape index (κ1) is 14.1. The lowest BCUT2D eigenvalue weighted by atomic mass is 9.51. The van der Waals surface area contributed by atoms with Crippen molar-refractivity contribution in [3.05, 3.63) is 0 Å². The fourth-order valence-electron chi connectivity index (χ4n) is 4.88. The standard InChI is InChI=1S/C17H26O3/c1-20-15(19)17-10-7-16(8-11-17,9-12-17)14(18)13-5-3-2-4-6-13/h13H,2-12H2,1H3. The molecule has 3 nitrogen and oxygen atoms in total. The van der Waals surface area contributed by atoms with Crippen LogP contribution in [0.5, 0.6) is 0 Å². The Labute approximate surface area is 121 Å². The van der Waals surface area contributed by atoms with Gasteiger partial charge in [-0.3, -0.25) is 9.59 Å². The van der Waals surface area contributed by atoms with Crippen molar-refractivity contribution in [2.45, 2.75) is 70.6 Å².